The number of aryl methyl sites for hydroxylation is 1. The first-order chi connectivity index (χ1) is 14.3. The van der Waals surface area contributed by atoms with Gasteiger partial charge in [-0.05, 0) is 68.6 Å². The number of ether oxygens (including phenoxy) is 2. The summed E-state index contributed by atoms with van der Waals surface area (Å²) in [7, 11) is -3.38. The van der Waals surface area contributed by atoms with Crippen LogP contribution < -0.4 is 9.46 Å². The Labute approximate surface area is 179 Å². The van der Waals surface area contributed by atoms with E-state index >= 15 is 0 Å². The van der Waals surface area contributed by atoms with Crippen LogP contribution in [-0.4, -0.2) is 63.4 Å². The van der Waals surface area contributed by atoms with E-state index in [1.54, 1.807) is 4.90 Å². The largest absolute Gasteiger partial charge is 0.483 e. The van der Waals surface area contributed by atoms with E-state index in [0.717, 1.165) is 49.7 Å². The highest BCUT2D eigenvalue weighted by Gasteiger charge is 2.37. The maximum absolute atomic E-state index is 13.1. The van der Waals surface area contributed by atoms with Crippen molar-refractivity contribution < 1.29 is 22.7 Å². The number of amides is 1. The van der Waals surface area contributed by atoms with Crippen LogP contribution in [0.25, 0.3) is 0 Å². The topological polar surface area (TPSA) is 84.9 Å². The Kier molecular flexibility index (Phi) is 6.36. The van der Waals surface area contributed by atoms with Gasteiger partial charge in [-0.3, -0.25) is 4.79 Å². The van der Waals surface area contributed by atoms with Crippen LogP contribution in [0.15, 0.2) is 18.2 Å². The van der Waals surface area contributed by atoms with E-state index in [9.17, 15) is 13.2 Å². The molecular formula is C22H32N2O5S. The van der Waals surface area contributed by atoms with Crippen LogP contribution in [0.4, 0.5) is 0 Å². The summed E-state index contributed by atoms with van der Waals surface area (Å²) in [4.78, 5) is 14.9. The van der Waals surface area contributed by atoms with E-state index in [1.807, 2.05) is 13.0 Å². The summed E-state index contributed by atoms with van der Waals surface area (Å²) in [6, 6.07) is 5.60. The molecule has 30 heavy (non-hydrogen) atoms. The van der Waals surface area contributed by atoms with E-state index in [0.29, 0.717) is 25.5 Å². The van der Waals surface area contributed by atoms with Gasteiger partial charge in [0.1, 0.15) is 5.75 Å². The molecule has 2 fully saturated rings. The highest BCUT2D eigenvalue weighted by Crippen LogP contribution is 2.39. The number of carbonyl (C=O) groups excluding carboxylic acids is 1. The summed E-state index contributed by atoms with van der Waals surface area (Å²) in [5, 5.41) is 0. The molecule has 5 rings (SSSR count). The molecule has 1 N–H and O–H groups in total. The molecule has 1 amide bonds. The van der Waals surface area contributed by atoms with Crippen LogP contribution in [0.2, 0.25) is 0 Å². The Bertz CT molecular complexity index is 880. The van der Waals surface area contributed by atoms with Gasteiger partial charge in [0.05, 0.1) is 25.0 Å². The minimum atomic E-state index is -3.38. The summed E-state index contributed by atoms with van der Waals surface area (Å²) in [5.41, 5.74) is 2.29. The summed E-state index contributed by atoms with van der Waals surface area (Å²) >= 11 is 0. The fourth-order valence-electron chi connectivity index (χ4n) is 5.09. The van der Waals surface area contributed by atoms with Gasteiger partial charge in [-0.15, -0.1) is 0 Å². The third-order valence-corrected chi connectivity index (χ3v) is 7.33. The fourth-order valence-corrected chi connectivity index (χ4v) is 5.91. The maximum Gasteiger partial charge on any atom is 0.260 e. The van der Waals surface area contributed by atoms with Gasteiger partial charge in [-0.25, -0.2) is 13.1 Å². The average Bonchev–Trinajstić information content (AvgIpc) is 2.71. The van der Waals surface area contributed by atoms with Crippen LogP contribution in [-0.2, 0) is 19.6 Å². The van der Waals surface area contributed by atoms with Crippen molar-refractivity contribution >= 4 is 15.9 Å². The van der Waals surface area contributed by atoms with Gasteiger partial charge >= 0.3 is 0 Å². The van der Waals surface area contributed by atoms with Crippen LogP contribution in [0.1, 0.15) is 55.6 Å². The number of rotatable bonds is 2. The van der Waals surface area contributed by atoms with Crippen molar-refractivity contribution in [1.82, 2.24) is 9.62 Å². The molecule has 1 saturated carbocycles. The van der Waals surface area contributed by atoms with Crippen molar-refractivity contribution in [2.75, 3.05) is 26.0 Å². The fraction of sp³-hybridized carbons (Fsp3) is 0.682. The maximum atomic E-state index is 13.1. The number of benzene rings is 1. The number of nitrogens with zero attached hydrogens (tertiary/aromatic N) is 1. The lowest BCUT2D eigenvalue weighted by molar-refractivity contribution is -0.140. The van der Waals surface area contributed by atoms with Crippen molar-refractivity contribution in [3.05, 3.63) is 29.3 Å². The van der Waals surface area contributed by atoms with Crippen LogP contribution in [0, 0.1) is 6.92 Å². The van der Waals surface area contributed by atoms with Crippen molar-refractivity contribution in [3.63, 3.8) is 0 Å². The van der Waals surface area contributed by atoms with E-state index in [2.05, 4.69) is 16.9 Å². The predicted octanol–water partition coefficient (Wildman–Crippen LogP) is 2.34. The SMILES string of the molecule is Cc1ccc2c(c1)OCC(=O)N1CCC[C@H](NS(C)(=O)=O)[C@@H]1COC1CCC2CC1. The van der Waals surface area contributed by atoms with Crippen molar-refractivity contribution in [3.8, 4) is 5.75 Å². The summed E-state index contributed by atoms with van der Waals surface area (Å²) < 4.78 is 38.8. The molecule has 3 aliphatic heterocycles. The van der Waals surface area contributed by atoms with E-state index in [-0.39, 0.29) is 30.7 Å². The smallest absolute Gasteiger partial charge is 0.260 e. The van der Waals surface area contributed by atoms with Crippen molar-refractivity contribution in [2.24, 2.45) is 0 Å². The third-order valence-electron chi connectivity index (χ3n) is 6.60. The predicted molar refractivity (Wildman–Crippen MR) is 114 cm³/mol. The second-order valence-corrected chi connectivity index (χ2v) is 10.7. The Morgan fingerprint density at radius 2 is 1.90 bits per heavy atom. The molecule has 1 aliphatic carbocycles. The van der Waals surface area contributed by atoms with Gasteiger partial charge in [-0.1, -0.05) is 12.1 Å². The summed E-state index contributed by atoms with van der Waals surface area (Å²) in [5.74, 6) is 1.09. The van der Waals surface area contributed by atoms with Crippen LogP contribution in [0.3, 0.4) is 0 Å². The molecule has 166 valence electrons. The van der Waals surface area contributed by atoms with Gasteiger partial charge in [0, 0.05) is 12.6 Å². The first-order valence-electron chi connectivity index (χ1n) is 10.9. The molecule has 1 saturated heterocycles. The normalized spacial score (nSPS) is 30.3. The third kappa shape index (κ3) is 4.98. The van der Waals surface area contributed by atoms with Crippen molar-refractivity contribution in [1.29, 1.82) is 0 Å². The minimum Gasteiger partial charge on any atom is -0.483 e. The molecule has 0 spiro atoms. The zero-order valence-corrected chi connectivity index (χ0v) is 18.6. The molecule has 2 bridgehead atoms. The molecule has 1 aromatic carbocycles. The second-order valence-electron chi connectivity index (χ2n) is 8.93. The summed E-state index contributed by atoms with van der Waals surface area (Å²) in [6.07, 6.45) is 6.73. The molecule has 8 heteroatoms. The van der Waals surface area contributed by atoms with E-state index in [4.69, 9.17) is 9.47 Å². The molecule has 0 unspecified atom stereocenters. The van der Waals surface area contributed by atoms with Crippen molar-refractivity contribution in [2.45, 2.75) is 69.6 Å². The van der Waals surface area contributed by atoms with Gasteiger partial charge in [0.15, 0.2) is 6.61 Å². The number of fused-ring (bicyclic) bond motifs is 5. The zero-order valence-electron chi connectivity index (χ0n) is 17.8. The van der Waals surface area contributed by atoms with Gasteiger partial charge in [0.25, 0.3) is 5.91 Å². The quantitative estimate of drug-likeness (QED) is 0.769. The van der Waals surface area contributed by atoms with Gasteiger partial charge < -0.3 is 14.4 Å². The average molecular weight is 437 g/mol. The number of piperidine rings is 1. The Hall–Kier alpha value is -1.64. The van der Waals surface area contributed by atoms with Gasteiger partial charge in [-0.2, -0.15) is 0 Å². The molecule has 1 aromatic rings. The number of nitrogens with one attached hydrogen (secondary N) is 1. The summed E-state index contributed by atoms with van der Waals surface area (Å²) in [6.45, 7) is 2.92. The Balaban J connectivity index is 1.62. The Morgan fingerprint density at radius 1 is 1.13 bits per heavy atom. The molecule has 0 aromatic heterocycles. The first-order valence-corrected chi connectivity index (χ1v) is 12.8. The lowest BCUT2D eigenvalue weighted by Gasteiger charge is -2.41. The highest BCUT2D eigenvalue weighted by molar-refractivity contribution is 7.88. The number of carbonyl (C=O) groups is 1. The zero-order chi connectivity index (χ0) is 21.3. The van der Waals surface area contributed by atoms with Crippen LogP contribution in [0.5, 0.6) is 5.75 Å². The second kappa shape index (κ2) is 8.85. The number of hydrogen-bond donors (Lipinski definition) is 1. The standard InChI is InChI=1S/C22H32N2O5S/c1-15-5-10-18-16-6-8-17(9-7-16)28-13-20-19(23-30(2,26)27)4-3-11-24(20)22(25)14-29-21(18)12-15/h5,10,12,16-17,19-20,23H,3-4,6-9,11,13-14H2,1-2H3/t16?,17?,19-,20-/m0/s1. The van der Waals surface area contributed by atoms with E-state index < -0.39 is 10.0 Å². The molecule has 3 heterocycles. The lowest BCUT2D eigenvalue weighted by Crippen LogP contribution is -2.59. The van der Waals surface area contributed by atoms with Gasteiger partial charge in [0.2, 0.25) is 10.0 Å². The number of sulfonamides is 1. The monoisotopic (exact) mass is 436 g/mol. The molecule has 0 radical (unpaired) electrons. The minimum absolute atomic E-state index is 0.0469. The number of hydrogen-bond acceptors (Lipinski definition) is 5. The lowest BCUT2D eigenvalue weighted by atomic mass is 9.82. The molecule has 4 aliphatic rings. The molecule has 7 nitrogen and oxygen atoms in total. The van der Waals surface area contributed by atoms with Crippen LogP contribution >= 0.6 is 0 Å². The Morgan fingerprint density at radius 3 is 2.63 bits per heavy atom. The molecule has 2 atom stereocenters. The first kappa shape index (κ1) is 21.6. The molecular weight excluding hydrogens is 404 g/mol. The highest BCUT2D eigenvalue weighted by atomic mass is 32.2. The van der Waals surface area contributed by atoms with E-state index in [1.165, 1.54) is 5.56 Å².